The van der Waals surface area contributed by atoms with E-state index in [4.69, 9.17) is 4.74 Å². The summed E-state index contributed by atoms with van der Waals surface area (Å²) in [5.74, 6) is 0.0709. The van der Waals surface area contributed by atoms with Gasteiger partial charge in [0.05, 0.1) is 13.2 Å². The highest BCUT2D eigenvalue weighted by Gasteiger charge is 2.53. The van der Waals surface area contributed by atoms with Crippen LogP contribution in [0.15, 0.2) is 0 Å². The molecule has 1 saturated carbocycles. The summed E-state index contributed by atoms with van der Waals surface area (Å²) in [6, 6.07) is 0. The topological polar surface area (TPSA) is 38.3 Å². The molecule has 0 bridgehead atoms. The van der Waals surface area contributed by atoms with Crippen LogP contribution in [0.5, 0.6) is 0 Å². The zero-order valence-corrected chi connectivity index (χ0v) is 10.9. The molecule has 0 radical (unpaired) electrons. The first-order valence-corrected chi connectivity index (χ1v) is 6.19. The average Bonchev–Trinajstić information content (AvgIpc) is 2.13. The summed E-state index contributed by atoms with van der Waals surface area (Å²) < 4.78 is 41.6. The Morgan fingerprint density at radius 1 is 1.44 bits per heavy atom. The Morgan fingerprint density at radius 2 is 2.00 bits per heavy atom. The fourth-order valence-corrected chi connectivity index (χ4v) is 2.23. The van der Waals surface area contributed by atoms with E-state index in [0.29, 0.717) is 18.8 Å². The molecule has 3 nitrogen and oxygen atoms in total. The molecule has 0 aromatic rings. The standard InChI is InChI=1S/C12H20F3NO2/c1-4-18-10(17)11(16-7-12(13,14)15)5-9(6-11)8(2)3/h8-9,16H,4-7H2,1-3H3. The Morgan fingerprint density at radius 3 is 2.39 bits per heavy atom. The molecule has 0 aromatic carbocycles. The van der Waals surface area contributed by atoms with Gasteiger partial charge in [-0.3, -0.25) is 10.1 Å². The Labute approximate surface area is 105 Å². The average molecular weight is 267 g/mol. The third-order valence-electron chi connectivity index (χ3n) is 3.46. The minimum atomic E-state index is -4.32. The van der Waals surface area contributed by atoms with E-state index in [2.05, 4.69) is 5.32 Å². The first-order chi connectivity index (χ1) is 8.20. The highest BCUT2D eigenvalue weighted by Crippen LogP contribution is 2.43. The van der Waals surface area contributed by atoms with Crippen molar-refractivity contribution in [2.24, 2.45) is 11.8 Å². The lowest BCUT2D eigenvalue weighted by Crippen LogP contribution is -2.63. The molecule has 106 valence electrons. The second kappa shape index (κ2) is 5.47. The molecular weight excluding hydrogens is 247 g/mol. The molecule has 18 heavy (non-hydrogen) atoms. The zero-order valence-electron chi connectivity index (χ0n) is 10.9. The molecular formula is C12H20F3NO2. The largest absolute Gasteiger partial charge is 0.465 e. The molecule has 1 aliphatic carbocycles. The number of rotatable bonds is 5. The Balaban J connectivity index is 2.64. The van der Waals surface area contributed by atoms with Crippen LogP contribution in [0.4, 0.5) is 13.2 Å². The quantitative estimate of drug-likeness (QED) is 0.778. The summed E-state index contributed by atoms with van der Waals surface area (Å²) in [4.78, 5) is 11.8. The van der Waals surface area contributed by atoms with E-state index in [-0.39, 0.29) is 12.5 Å². The van der Waals surface area contributed by atoms with Gasteiger partial charge in [0.2, 0.25) is 0 Å². The van der Waals surface area contributed by atoms with Gasteiger partial charge in [0.15, 0.2) is 0 Å². The number of esters is 1. The first kappa shape index (κ1) is 15.3. The minimum Gasteiger partial charge on any atom is -0.465 e. The number of hydrogen-bond acceptors (Lipinski definition) is 3. The second-order valence-electron chi connectivity index (χ2n) is 5.18. The maximum absolute atomic E-state index is 12.2. The fourth-order valence-electron chi connectivity index (χ4n) is 2.23. The fraction of sp³-hybridized carbons (Fsp3) is 0.917. The van der Waals surface area contributed by atoms with Gasteiger partial charge in [-0.15, -0.1) is 0 Å². The summed E-state index contributed by atoms with van der Waals surface area (Å²) >= 11 is 0. The van der Waals surface area contributed by atoms with Gasteiger partial charge in [0.25, 0.3) is 0 Å². The van der Waals surface area contributed by atoms with Crippen molar-refractivity contribution >= 4 is 5.97 Å². The Bertz CT molecular complexity index is 296. The molecule has 0 unspecified atom stereocenters. The number of carbonyl (C=O) groups is 1. The number of ether oxygens (including phenoxy) is 1. The molecule has 1 N–H and O–H groups in total. The molecule has 1 fully saturated rings. The van der Waals surface area contributed by atoms with Crippen molar-refractivity contribution in [3.05, 3.63) is 0 Å². The molecule has 1 rings (SSSR count). The van der Waals surface area contributed by atoms with E-state index in [0.717, 1.165) is 0 Å². The minimum absolute atomic E-state index is 0.181. The lowest BCUT2D eigenvalue weighted by molar-refractivity contribution is -0.165. The number of hydrogen-bond donors (Lipinski definition) is 1. The van der Waals surface area contributed by atoms with Crippen LogP contribution in [-0.4, -0.2) is 30.8 Å². The molecule has 0 atom stereocenters. The van der Waals surface area contributed by atoms with Crippen LogP contribution in [0.1, 0.15) is 33.6 Å². The van der Waals surface area contributed by atoms with Gasteiger partial charge in [-0.25, -0.2) is 0 Å². The summed E-state index contributed by atoms with van der Waals surface area (Å²) in [6.45, 7) is 4.68. The van der Waals surface area contributed by atoms with Crippen molar-refractivity contribution in [3.8, 4) is 0 Å². The van der Waals surface area contributed by atoms with E-state index < -0.39 is 24.2 Å². The van der Waals surface area contributed by atoms with Crippen molar-refractivity contribution in [1.82, 2.24) is 5.32 Å². The van der Waals surface area contributed by atoms with Crippen LogP contribution in [-0.2, 0) is 9.53 Å². The summed E-state index contributed by atoms with van der Waals surface area (Å²) in [5.41, 5.74) is -1.14. The van der Waals surface area contributed by atoms with Gasteiger partial charge in [0.1, 0.15) is 5.54 Å². The van der Waals surface area contributed by atoms with Crippen molar-refractivity contribution in [2.45, 2.75) is 45.3 Å². The Kier molecular flexibility index (Phi) is 4.64. The van der Waals surface area contributed by atoms with E-state index in [1.165, 1.54) is 0 Å². The van der Waals surface area contributed by atoms with E-state index in [1.54, 1.807) is 6.92 Å². The smallest absolute Gasteiger partial charge is 0.401 e. The van der Waals surface area contributed by atoms with Gasteiger partial charge in [0, 0.05) is 0 Å². The second-order valence-corrected chi connectivity index (χ2v) is 5.18. The van der Waals surface area contributed by atoms with Crippen LogP contribution >= 0.6 is 0 Å². The van der Waals surface area contributed by atoms with Gasteiger partial charge in [-0.2, -0.15) is 13.2 Å². The van der Waals surface area contributed by atoms with Crippen molar-refractivity contribution in [2.75, 3.05) is 13.2 Å². The predicted molar refractivity (Wildman–Crippen MR) is 61.0 cm³/mol. The van der Waals surface area contributed by atoms with Crippen molar-refractivity contribution in [1.29, 1.82) is 0 Å². The lowest BCUT2D eigenvalue weighted by atomic mass is 9.64. The molecule has 6 heteroatoms. The molecule has 0 saturated heterocycles. The summed E-state index contributed by atoms with van der Waals surface area (Å²) in [5, 5.41) is 2.34. The van der Waals surface area contributed by atoms with Crippen molar-refractivity contribution < 1.29 is 22.7 Å². The molecule has 0 spiro atoms. The third kappa shape index (κ3) is 3.60. The number of halogens is 3. The summed E-state index contributed by atoms with van der Waals surface area (Å²) in [7, 11) is 0. The molecule has 0 amide bonds. The highest BCUT2D eigenvalue weighted by atomic mass is 19.4. The maximum Gasteiger partial charge on any atom is 0.401 e. The molecule has 1 aliphatic rings. The maximum atomic E-state index is 12.2. The monoisotopic (exact) mass is 267 g/mol. The number of alkyl halides is 3. The van der Waals surface area contributed by atoms with Crippen molar-refractivity contribution in [3.63, 3.8) is 0 Å². The molecule has 0 aromatic heterocycles. The normalized spacial score (nSPS) is 28.1. The van der Waals surface area contributed by atoms with E-state index >= 15 is 0 Å². The van der Waals surface area contributed by atoms with Crippen LogP contribution in [0.25, 0.3) is 0 Å². The van der Waals surface area contributed by atoms with Crippen LogP contribution < -0.4 is 5.32 Å². The SMILES string of the molecule is CCOC(=O)C1(NCC(F)(F)F)CC(C(C)C)C1. The lowest BCUT2D eigenvalue weighted by Gasteiger charge is -2.47. The highest BCUT2D eigenvalue weighted by molar-refractivity contribution is 5.82. The summed E-state index contributed by atoms with van der Waals surface area (Å²) in [6.07, 6.45) is -3.48. The zero-order chi connectivity index (χ0) is 14.0. The molecule has 0 heterocycles. The predicted octanol–water partition coefficient (Wildman–Crippen LogP) is 2.51. The van der Waals surface area contributed by atoms with E-state index in [1.807, 2.05) is 13.8 Å². The van der Waals surface area contributed by atoms with E-state index in [9.17, 15) is 18.0 Å². The number of carbonyl (C=O) groups excluding carboxylic acids is 1. The van der Waals surface area contributed by atoms with Gasteiger partial charge in [-0.05, 0) is 31.6 Å². The van der Waals surface area contributed by atoms with Gasteiger partial charge < -0.3 is 4.74 Å². The molecule has 0 aliphatic heterocycles. The van der Waals surface area contributed by atoms with Gasteiger partial charge in [-0.1, -0.05) is 13.8 Å². The van der Waals surface area contributed by atoms with Crippen LogP contribution in [0, 0.1) is 11.8 Å². The Hall–Kier alpha value is -0.780. The third-order valence-corrected chi connectivity index (χ3v) is 3.46. The number of nitrogens with one attached hydrogen (secondary N) is 1. The first-order valence-electron chi connectivity index (χ1n) is 6.19. The van der Waals surface area contributed by atoms with Crippen LogP contribution in [0.2, 0.25) is 0 Å². The van der Waals surface area contributed by atoms with Crippen LogP contribution in [0.3, 0.4) is 0 Å². The van der Waals surface area contributed by atoms with Gasteiger partial charge >= 0.3 is 12.1 Å².